The van der Waals surface area contributed by atoms with Crippen molar-refractivity contribution in [3.63, 3.8) is 0 Å². The molecule has 2 nitrogen and oxygen atoms in total. The molecule has 4 heteroatoms. The SMILES string of the molecule is [SeH][Se]c1ccn[c]n1. The zero-order valence-electron chi connectivity index (χ0n) is 3.90. The van der Waals surface area contributed by atoms with Gasteiger partial charge in [0, 0.05) is 0 Å². The predicted molar refractivity (Wildman–Crippen MR) is 33.4 cm³/mol. The van der Waals surface area contributed by atoms with Crippen LogP contribution in [0.25, 0.3) is 0 Å². The first-order valence-electron chi connectivity index (χ1n) is 1.94. The van der Waals surface area contributed by atoms with Crippen LogP contribution in [0.1, 0.15) is 0 Å². The van der Waals surface area contributed by atoms with Crippen LogP contribution in [0.15, 0.2) is 12.3 Å². The summed E-state index contributed by atoms with van der Waals surface area (Å²) >= 11 is 2.94. The molecule has 0 aliphatic carbocycles. The molecule has 0 bridgehead atoms. The summed E-state index contributed by atoms with van der Waals surface area (Å²) in [5.74, 6) is 0. The zero-order chi connectivity index (χ0) is 5.82. The molecule has 0 aromatic carbocycles. The third kappa shape index (κ3) is 1.57. The van der Waals surface area contributed by atoms with Gasteiger partial charge in [0.15, 0.2) is 0 Å². The molecule has 0 amide bonds. The molecule has 1 heterocycles. The van der Waals surface area contributed by atoms with Gasteiger partial charge in [-0.3, -0.25) is 0 Å². The van der Waals surface area contributed by atoms with Crippen LogP contribution in [-0.4, -0.2) is 37.3 Å². The Balaban J connectivity index is 2.83. The van der Waals surface area contributed by atoms with Crippen LogP contribution < -0.4 is 4.59 Å². The molecule has 0 N–H and O–H groups in total. The van der Waals surface area contributed by atoms with Crippen LogP contribution in [0.2, 0.25) is 0 Å². The monoisotopic (exact) mass is 239 g/mol. The summed E-state index contributed by atoms with van der Waals surface area (Å²) in [7, 11) is 0. The van der Waals surface area contributed by atoms with Crippen molar-refractivity contribution in [3.05, 3.63) is 18.6 Å². The van der Waals surface area contributed by atoms with Gasteiger partial charge in [-0.25, -0.2) is 0 Å². The average molecular weight is 237 g/mol. The van der Waals surface area contributed by atoms with E-state index in [-0.39, 0.29) is 0 Å². The normalized spacial score (nSPS) is 9.12. The van der Waals surface area contributed by atoms with Gasteiger partial charge in [0.1, 0.15) is 0 Å². The van der Waals surface area contributed by atoms with Gasteiger partial charge in [0.25, 0.3) is 0 Å². The summed E-state index contributed by atoms with van der Waals surface area (Å²) in [6.07, 6.45) is 4.22. The number of hydrogen-bond donors (Lipinski definition) is 0. The molecule has 41 valence electrons. The molecule has 8 heavy (non-hydrogen) atoms. The summed E-state index contributed by atoms with van der Waals surface area (Å²) in [5.41, 5.74) is 0. The van der Waals surface area contributed by atoms with E-state index in [1.165, 1.54) is 0 Å². The van der Waals surface area contributed by atoms with E-state index >= 15 is 0 Å². The summed E-state index contributed by atoms with van der Waals surface area (Å²) in [4.78, 5) is 7.53. The van der Waals surface area contributed by atoms with Gasteiger partial charge in [-0.1, -0.05) is 0 Å². The van der Waals surface area contributed by atoms with Crippen LogP contribution in [0.4, 0.5) is 0 Å². The van der Waals surface area contributed by atoms with Crippen LogP contribution in [0.5, 0.6) is 0 Å². The average Bonchev–Trinajstić information content (AvgIpc) is 1.90. The third-order valence-corrected chi connectivity index (χ3v) is 3.51. The second kappa shape index (κ2) is 3.21. The predicted octanol–water partition coefficient (Wildman–Crippen LogP) is -1.58. The number of hydrogen-bond acceptors (Lipinski definition) is 2. The Morgan fingerprint density at radius 1 is 1.75 bits per heavy atom. The Kier molecular flexibility index (Phi) is 2.50. The maximum absolute atomic E-state index is 3.87. The summed E-state index contributed by atoms with van der Waals surface area (Å²) in [6, 6.07) is 1.90. The molecule has 1 aromatic heterocycles. The fraction of sp³-hybridized carbons (Fsp3) is 0. The second-order valence-electron chi connectivity index (χ2n) is 1.09. The molecule has 1 radical (unpaired) electrons. The van der Waals surface area contributed by atoms with E-state index in [0.717, 1.165) is 4.59 Å². The molecular weight excluding hydrogens is 234 g/mol. The molecular formula is C4H3N2Se2. The quantitative estimate of drug-likeness (QED) is 0.551. The van der Waals surface area contributed by atoms with Crippen molar-refractivity contribution < 1.29 is 0 Å². The van der Waals surface area contributed by atoms with Crippen molar-refractivity contribution in [2.24, 2.45) is 0 Å². The Morgan fingerprint density at radius 3 is 3.00 bits per heavy atom. The van der Waals surface area contributed by atoms with E-state index in [1.807, 2.05) is 6.07 Å². The number of rotatable bonds is 1. The van der Waals surface area contributed by atoms with Crippen molar-refractivity contribution in [2.45, 2.75) is 0 Å². The van der Waals surface area contributed by atoms with Gasteiger partial charge in [-0.15, -0.1) is 0 Å². The topological polar surface area (TPSA) is 25.8 Å². The van der Waals surface area contributed by atoms with E-state index < -0.39 is 0 Å². The minimum atomic E-state index is 0.423. The van der Waals surface area contributed by atoms with Gasteiger partial charge in [-0.2, -0.15) is 0 Å². The Labute approximate surface area is 60.6 Å². The van der Waals surface area contributed by atoms with E-state index in [2.05, 4.69) is 30.5 Å². The Hall–Kier alpha value is 0.119. The van der Waals surface area contributed by atoms with E-state index in [0.29, 0.717) is 13.1 Å². The van der Waals surface area contributed by atoms with Crippen LogP contribution in [-0.2, 0) is 0 Å². The van der Waals surface area contributed by atoms with Gasteiger partial charge in [0.05, 0.1) is 0 Å². The number of aromatic nitrogens is 2. The molecule has 0 atom stereocenters. The van der Waals surface area contributed by atoms with Gasteiger partial charge in [-0.05, 0) is 0 Å². The molecule has 0 spiro atoms. The molecule has 0 saturated carbocycles. The van der Waals surface area contributed by atoms with Crippen molar-refractivity contribution in [1.29, 1.82) is 0 Å². The van der Waals surface area contributed by atoms with Crippen LogP contribution in [0.3, 0.4) is 0 Å². The first-order valence-corrected chi connectivity index (χ1v) is 7.54. The minimum absolute atomic E-state index is 0.423. The van der Waals surface area contributed by atoms with Gasteiger partial charge < -0.3 is 0 Å². The molecule has 0 aliphatic rings. The summed E-state index contributed by atoms with van der Waals surface area (Å²) in [5, 5.41) is 0. The second-order valence-corrected chi connectivity index (χ2v) is 4.34. The van der Waals surface area contributed by atoms with Crippen molar-refractivity contribution >= 4 is 31.9 Å². The van der Waals surface area contributed by atoms with Gasteiger partial charge in [0.2, 0.25) is 0 Å². The third-order valence-electron chi connectivity index (χ3n) is 0.603. The molecule has 0 aliphatic heterocycles. The van der Waals surface area contributed by atoms with Crippen molar-refractivity contribution in [3.8, 4) is 0 Å². The Morgan fingerprint density at radius 2 is 2.62 bits per heavy atom. The number of nitrogens with zero attached hydrogens (tertiary/aromatic N) is 2. The molecule has 0 saturated heterocycles. The van der Waals surface area contributed by atoms with E-state index in [4.69, 9.17) is 0 Å². The fourth-order valence-corrected chi connectivity index (χ4v) is 1.84. The summed E-state index contributed by atoms with van der Waals surface area (Å²) < 4.78 is 1.08. The van der Waals surface area contributed by atoms with Crippen molar-refractivity contribution in [2.75, 3.05) is 0 Å². The van der Waals surface area contributed by atoms with Crippen molar-refractivity contribution in [1.82, 2.24) is 9.97 Å². The Bertz CT molecular complexity index is 153. The first-order chi connectivity index (χ1) is 3.93. The zero-order valence-corrected chi connectivity index (χ0v) is 7.49. The first kappa shape index (κ1) is 6.24. The fourth-order valence-electron chi connectivity index (χ4n) is 0.301. The van der Waals surface area contributed by atoms with E-state index in [1.54, 1.807) is 6.20 Å². The summed E-state index contributed by atoms with van der Waals surface area (Å²) in [6.45, 7) is 0. The van der Waals surface area contributed by atoms with Crippen LogP contribution in [0, 0.1) is 6.33 Å². The van der Waals surface area contributed by atoms with Crippen LogP contribution >= 0.6 is 0 Å². The molecule has 1 rings (SSSR count). The molecule has 0 fully saturated rings. The van der Waals surface area contributed by atoms with Gasteiger partial charge >= 0.3 is 60.5 Å². The standard InChI is InChI=1S/C4H3N2Se2/c7-8-4-1-2-5-3-6-4/h1-2,7H. The molecule has 1 aromatic rings. The molecule has 0 unspecified atom stereocenters. The maximum atomic E-state index is 3.87. The van der Waals surface area contributed by atoms with E-state index in [9.17, 15) is 0 Å².